The first-order valence-electron chi connectivity index (χ1n) is 8.23. The molecule has 0 aromatic heterocycles. The third kappa shape index (κ3) is 4.44. The topological polar surface area (TPSA) is 83.8 Å². The second kappa shape index (κ2) is 7.18. The van der Waals surface area contributed by atoms with Gasteiger partial charge in [-0.2, -0.15) is 0 Å². The van der Waals surface area contributed by atoms with E-state index < -0.39 is 35.0 Å². The number of carbonyl (C=O) groups excluding carboxylic acids is 1. The quantitative estimate of drug-likeness (QED) is 0.724. The molecule has 150 valence electrons. The van der Waals surface area contributed by atoms with Crippen LogP contribution < -0.4 is 4.74 Å². The molecule has 0 saturated carbocycles. The Hall–Kier alpha value is -3.03. The number of carboxylic acids is 1. The molecule has 5 nitrogen and oxygen atoms in total. The predicted octanol–water partition coefficient (Wildman–Crippen LogP) is 4.83. The molecule has 0 radical (unpaired) electrons. The van der Waals surface area contributed by atoms with Crippen LogP contribution in [0.25, 0.3) is 0 Å². The van der Waals surface area contributed by atoms with Gasteiger partial charge in [0.15, 0.2) is 5.78 Å². The van der Waals surface area contributed by atoms with Crippen molar-refractivity contribution in [2.45, 2.75) is 39.5 Å². The fourth-order valence-corrected chi connectivity index (χ4v) is 2.80. The molecule has 28 heavy (non-hydrogen) atoms. The van der Waals surface area contributed by atoms with E-state index in [1.807, 2.05) is 0 Å². The molecule has 8 heteroatoms. The number of benzene rings is 2. The lowest BCUT2D eigenvalue weighted by molar-refractivity contribution is -0.274. The molecular weight excluding hydrogens is 377 g/mol. The number of aromatic carboxylic acids is 1. The summed E-state index contributed by atoms with van der Waals surface area (Å²) in [5, 5.41) is 19.8. The number of halogens is 3. The minimum Gasteiger partial charge on any atom is -0.507 e. The number of aromatic hydroxyl groups is 1. The molecule has 2 aromatic rings. The van der Waals surface area contributed by atoms with Crippen molar-refractivity contribution in [1.29, 1.82) is 0 Å². The molecule has 0 spiro atoms. The zero-order chi connectivity index (χ0) is 21.4. The predicted molar refractivity (Wildman–Crippen MR) is 95.1 cm³/mol. The summed E-state index contributed by atoms with van der Waals surface area (Å²) in [6.45, 7) is 6.64. The highest BCUT2D eigenvalue weighted by Gasteiger charge is 2.31. The molecule has 0 bridgehead atoms. The number of hydrogen-bond donors (Lipinski definition) is 2. The van der Waals surface area contributed by atoms with E-state index in [0.29, 0.717) is 0 Å². The average Bonchev–Trinajstić information content (AvgIpc) is 2.52. The normalized spacial score (nSPS) is 12.0. The standard InChI is InChI=1S/C20H19F3O5/c1-10-13(9-14(19(2,3)4)17(25)15(10)18(26)27)16(24)11-5-7-12(8-6-11)28-20(21,22)23/h5-9,25H,1-4H3,(H,26,27). The average molecular weight is 396 g/mol. The van der Waals surface area contributed by atoms with Crippen LogP contribution in [-0.4, -0.2) is 28.3 Å². The van der Waals surface area contributed by atoms with Crippen molar-refractivity contribution in [2.75, 3.05) is 0 Å². The second-order valence-corrected chi connectivity index (χ2v) is 7.28. The molecule has 0 atom stereocenters. The lowest BCUT2D eigenvalue weighted by Gasteiger charge is -2.24. The third-order valence-corrected chi connectivity index (χ3v) is 4.18. The van der Waals surface area contributed by atoms with E-state index in [2.05, 4.69) is 4.74 Å². The molecule has 0 aliphatic rings. The van der Waals surface area contributed by atoms with Crippen molar-refractivity contribution >= 4 is 11.8 Å². The maximum Gasteiger partial charge on any atom is 0.573 e. The Morgan fingerprint density at radius 3 is 2.00 bits per heavy atom. The SMILES string of the molecule is Cc1c(C(=O)c2ccc(OC(F)(F)F)cc2)cc(C(C)(C)C)c(O)c1C(=O)O. The van der Waals surface area contributed by atoms with Gasteiger partial charge >= 0.3 is 12.3 Å². The first-order valence-corrected chi connectivity index (χ1v) is 8.23. The molecule has 2 aromatic carbocycles. The van der Waals surface area contributed by atoms with Crippen molar-refractivity contribution < 1.29 is 37.7 Å². The van der Waals surface area contributed by atoms with Crippen molar-refractivity contribution in [3.63, 3.8) is 0 Å². The first-order chi connectivity index (χ1) is 12.7. The molecule has 0 amide bonds. The largest absolute Gasteiger partial charge is 0.573 e. The Balaban J connectivity index is 2.56. The van der Waals surface area contributed by atoms with Gasteiger partial charge in [0.25, 0.3) is 0 Å². The molecule has 0 fully saturated rings. The van der Waals surface area contributed by atoms with Crippen LogP contribution in [0.5, 0.6) is 11.5 Å². The second-order valence-electron chi connectivity index (χ2n) is 7.28. The number of carbonyl (C=O) groups is 2. The first kappa shape index (κ1) is 21.3. The Labute approximate surface area is 159 Å². The van der Waals surface area contributed by atoms with Crippen molar-refractivity contribution in [3.8, 4) is 11.5 Å². The van der Waals surface area contributed by atoms with E-state index in [9.17, 15) is 33.0 Å². The summed E-state index contributed by atoms with van der Waals surface area (Å²) in [7, 11) is 0. The molecule has 0 heterocycles. The summed E-state index contributed by atoms with van der Waals surface area (Å²) in [4.78, 5) is 24.5. The lowest BCUT2D eigenvalue weighted by Crippen LogP contribution is -2.18. The summed E-state index contributed by atoms with van der Waals surface area (Å²) < 4.78 is 40.6. The Morgan fingerprint density at radius 1 is 1.04 bits per heavy atom. The fourth-order valence-electron chi connectivity index (χ4n) is 2.80. The number of carboxylic acid groups (broad SMARTS) is 1. The summed E-state index contributed by atoms with van der Waals surface area (Å²) >= 11 is 0. The molecular formula is C20H19F3O5. The van der Waals surface area contributed by atoms with E-state index >= 15 is 0 Å². The molecule has 2 rings (SSSR count). The van der Waals surface area contributed by atoms with Gasteiger partial charge in [-0.05, 0) is 48.2 Å². The van der Waals surface area contributed by atoms with Gasteiger partial charge < -0.3 is 14.9 Å². The minimum atomic E-state index is -4.85. The summed E-state index contributed by atoms with van der Waals surface area (Å²) in [5.74, 6) is -2.86. The highest BCUT2D eigenvalue weighted by atomic mass is 19.4. The van der Waals surface area contributed by atoms with Gasteiger partial charge in [-0.1, -0.05) is 20.8 Å². The molecule has 2 N–H and O–H groups in total. The summed E-state index contributed by atoms with van der Waals surface area (Å²) in [6, 6.07) is 5.73. The van der Waals surface area contributed by atoms with E-state index in [1.54, 1.807) is 20.8 Å². The highest BCUT2D eigenvalue weighted by molar-refractivity contribution is 6.12. The highest BCUT2D eigenvalue weighted by Crippen LogP contribution is 2.37. The molecule has 0 aliphatic carbocycles. The number of ketones is 1. The van der Waals surface area contributed by atoms with E-state index in [0.717, 1.165) is 24.3 Å². The van der Waals surface area contributed by atoms with Gasteiger partial charge in [-0.25, -0.2) is 4.79 Å². The number of phenols is 1. The summed E-state index contributed by atoms with van der Waals surface area (Å²) in [6.07, 6.45) is -4.85. The van der Waals surface area contributed by atoms with Gasteiger partial charge in [0, 0.05) is 16.7 Å². The number of ether oxygens (including phenoxy) is 1. The van der Waals surface area contributed by atoms with E-state index in [1.165, 1.54) is 13.0 Å². The van der Waals surface area contributed by atoms with Gasteiger partial charge in [-0.15, -0.1) is 13.2 Å². The number of alkyl halides is 3. The van der Waals surface area contributed by atoms with Crippen LogP contribution in [0.15, 0.2) is 30.3 Å². The minimum absolute atomic E-state index is 0.0459. The molecule has 0 saturated heterocycles. The van der Waals surface area contributed by atoms with Gasteiger partial charge in [0.1, 0.15) is 17.1 Å². The maximum absolute atomic E-state index is 12.9. The summed E-state index contributed by atoms with van der Waals surface area (Å²) in [5.41, 5.74) is -0.590. The van der Waals surface area contributed by atoms with Crippen LogP contribution in [-0.2, 0) is 5.41 Å². The molecule has 0 aliphatic heterocycles. The van der Waals surface area contributed by atoms with Crippen LogP contribution in [0.4, 0.5) is 13.2 Å². The van der Waals surface area contributed by atoms with Crippen LogP contribution in [0, 0.1) is 6.92 Å². The smallest absolute Gasteiger partial charge is 0.507 e. The van der Waals surface area contributed by atoms with Crippen LogP contribution in [0.3, 0.4) is 0 Å². The van der Waals surface area contributed by atoms with E-state index in [4.69, 9.17) is 0 Å². The molecule has 0 unspecified atom stereocenters. The van der Waals surface area contributed by atoms with Gasteiger partial charge in [0.05, 0.1) is 0 Å². The monoisotopic (exact) mass is 396 g/mol. The zero-order valence-electron chi connectivity index (χ0n) is 15.6. The lowest BCUT2D eigenvalue weighted by atomic mass is 9.81. The van der Waals surface area contributed by atoms with Crippen LogP contribution >= 0.6 is 0 Å². The van der Waals surface area contributed by atoms with E-state index in [-0.39, 0.29) is 27.8 Å². The fraction of sp³-hybridized carbons (Fsp3) is 0.300. The Kier molecular flexibility index (Phi) is 5.45. The van der Waals surface area contributed by atoms with Crippen LogP contribution in [0.1, 0.15) is 58.2 Å². The Morgan fingerprint density at radius 2 is 1.57 bits per heavy atom. The zero-order valence-corrected chi connectivity index (χ0v) is 15.6. The Bertz CT molecular complexity index is 923. The van der Waals surface area contributed by atoms with Crippen molar-refractivity contribution in [2.24, 2.45) is 0 Å². The van der Waals surface area contributed by atoms with Crippen molar-refractivity contribution in [1.82, 2.24) is 0 Å². The van der Waals surface area contributed by atoms with Crippen molar-refractivity contribution in [3.05, 3.63) is 58.1 Å². The van der Waals surface area contributed by atoms with Crippen LogP contribution in [0.2, 0.25) is 0 Å². The van der Waals surface area contributed by atoms with Gasteiger partial charge in [0.2, 0.25) is 0 Å². The van der Waals surface area contributed by atoms with Gasteiger partial charge in [-0.3, -0.25) is 4.79 Å². The third-order valence-electron chi connectivity index (χ3n) is 4.18. The number of rotatable bonds is 4. The number of hydrogen-bond acceptors (Lipinski definition) is 4. The maximum atomic E-state index is 12.9.